The number of nitrogens with zero attached hydrogens (tertiary/aromatic N) is 5. The molecule has 1 aliphatic carbocycles. The van der Waals surface area contributed by atoms with Crippen molar-refractivity contribution >= 4 is 52.9 Å². The summed E-state index contributed by atoms with van der Waals surface area (Å²) in [7, 11) is 0.599. The van der Waals surface area contributed by atoms with Crippen LogP contribution in [-0.2, 0) is 4.57 Å². The van der Waals surface area contributed by atoms with Gasteiger partial charge in [0.1, 0.15) is 17.9 Å². The zero-order chi connectivity index (χ0) is 33.5. The van der Waals surface area contributed by atoms with E-state index in [0.29, 0.717) is 44.9 Å². The molecule has 1 saturated carbocycles. The third kappa shape index (κ3) is 7.39. The summed E-state index contributed by atoms with van der Waals surface area (Å²) in [6, 6.07) is 10.0. The smallest absolute Gasteiger partial charge is 0.229 e. The quantitative estimate of drug-likeness (QED) is 0.161. The lowest BCUT2D eigenvalue weighted by molar-refractivity contribution is 0.198. The summed E-state index contributed by atoms with van der Waals surface area (Å²) in [4.78, 5) is 11.7. The van der Waals surface area contributed by atoms with Gasteiger partial charge in [-0.3, -0.25) is 0 Å². The molecule has 0 radical (unpaired) electrons. The summed E-state index contributed by atoms with van der Waals surface area (Å²) < 4.78 is 26.4. The molecule has 0 amide bonds. The van der Waals surface area contributed by atoms with Crippen LogP contribution in [0, 0.1) is 11.3 Å². The second-order valence-corrected chi connectivity index (χ2v) is 17.6. The normalized spacial score (nSPS) is 15.9. The molecule has 250 valence electrons. The average Bonchev–Trinajstić information content (AvgIpc) is 3.77. The first kappa shape index (κ1) is 33.2. The van der Waals surface area contributed by atoms with Crippen molar-refractivity contribution in [2.45, 2.75) is 52.4 Å². The van der Waals surface area contributed by atoms with Gasteiger partial charge in [-0.2, -0.15) is 10.1 Å². The van der Waals surface area contributed by atoms with Gasteiger partial charge in [0, 0.05) is 30.1 Å². The molecule has 4 aromatic rings. The molecule has 2 fully saturated rings. The highest BCUT2D eigenvalue weighted by atomic mass is 35.5. The van der Waals surface area contributed by atoms with E-state index in [-0.39, 0.29) is 0 Å². The van der Waals surface area contributed by atoms with E-state index in [9.17, 15) is 4.57 Å². The Balaban J connectivity index is 1.27. The lowest BCUT2D eigenvalue weighted by Crippen LogP contribution is -2.38. The molecular weight excluding hydrogens is 633 g/mol. The van der Waals surface area contributed by atoms with Crippen molar-refractivity contribution in [3.8, 4) is 17.2 Å². The van der Waals surface area contributed by atoms with Crippen molar-refractivity contribution < 1.29 is 14.0 Å². The Hall–Kier alpha value is -3.75. The zero-order valence-electron chi connectivity index (χ0n) is 28.3. The number of methoxy groups -OCH3 is 2. The number of aromatic nitrogens is 4. The molecule has 2 aromatic heterocycles. The number of anilines is 5. The van der Waals surface area contributed by atoms with Gasteiger partial charge in [0.2, 0.25) is 5.95 Å². The Labute approximate surface area is 282 Å². The monoisotopic (exact) mass is 677 g/mol. The van der Waals surface area contributed by atoms with E-state index in [1.165, 1.54) is 18.4 Å². The molecule has 1 saturated heterocycles. The number of rotatable bonds is 10. The Bertz CT molecular complexity index is 1800. The van der Waals surface area contributed by atoms with Crippen LogP contribution in [0.25, 0.3) is 5.69 Å². The number of nitrogens with one attached hydrogen (secondary N) is 2. The number of benzene rings is 2. The van der Waals surface area contributed by atoms with Crippen LogP contribution in [0.1, 0.15) is 57.9 Å². The van der Waals surface area contributed by atoms with Crippen LogP contribution in [0.5, 0.6) is 11.5 Å². The first-order valence-electron chi connectivity index (χ1n) is 16.2. The molecule has 12 heteroatoms. The summed E-state index contributed by atoms with van der Waals surface area (Å²) in [6.45, 7) is 12.6. The molecule has 3 heterocycles. The van der Waals surface area contributed by atoms with Crippen molar-refractivity contribution in [1.82, 2.24) is 19.7 Å². The molecule has 2 aliphatic rings. The molecule has 2 aromatic carbocycles. The molecule has 0 bridgehead atoms. The third-order valence-corrected chi connectivity index (χ3v) is 11.1. The second-order valence-electron chi connectivity index (χ2n) is 14.0. The van der Waals surface area contributed by atoms with Gasteiger partial charge in [-0.05, 0) is 86.1 Å². The maximum atomic E-state index is 13.4. The largest absolute Gasteiger partial charge is 0.495 e. The average molecular weight is 678 g/mol. The van der Waals surface area contributed by atoms with E-state index >= 15 is 0 Å². The number of ether oxygens (including phenoxy) is 2. The maximum absolute atomic E-state index is 13.4. The molecule has 1 aliphatic heterocycles. The summed E-state index contributed by atoms with van der Waals surface area (Å²) in [5.41, 5.74) is 5.06. The fourth-order valence-electron chi connectivity index (χ4n) is 6.35. The van der Waals surface area contributed by atoms with Crippen LogP contribution < -0.4 is 30.3 Å². The minimum absolute atomic E-state index is 0.322. The Morgan fingerprint density at radius 2 is 1.70 bits per heavy atom. The molecule has 0 unspecified atom stereocenters. The van der Waals surface area contributed by atoms with Gasteiger partial charge < -0.3 is 29.6 Å². The Morgan fingerprint density at radius 3 is 2.32 bits per heavy atom. The summed E-state index contributed by atoms with van der Waals surface area (Å²) in [6.07, 6.45) is 9.63. The molecule has 0 spiro atoms. The van der Waals surface area contributed by atoms with Crippen molar-refractivity contribution in [2.75, 3.05) is 56.2 Å². The van der Waals surface area contributed by atoms with Crippen LogP contribution in [0.4, 0.5) is 28.8 Å². The standard InChI is InChI=1S/C35H45ClN7O3P/c1-35(2,3)23-12-14-42(15-13-23)30-17-26(22-8-9-22)29(18-31(30)46-5)40-34-37-20-27(36)33(41-34)39-28-11-10-24(16-32(28)47(6,7)44)43-21-25(45-4)19-38-43/h10-11,16-23H,8-9,12-15H2,1-7H3,(H2,37,39,40,41). The van der Waals surface area contributed by atoms with Crippen LogP contribution in [0.15, 0.2) is 48.9 Å². The summed E-state index contributed by atoms with van der Waals surface area (Å²) in [5.74, 6) is 3.48. The van der Waals surface area contributed by atoms with Crippen LogP contribution in [0.2, 0.25) is 5.02 Å². The number of hydrogen-bond donors (Lipinski definition) is 2. The number of piperidine rings is 1. The SMILES string of the molecule is COc1cnn(-c2ccc(Nc3nc(Nc4cc(OC)c(N5CCC(C(C)(C)C)CC5)cc4C4CC4)ncc3Cl)c(P(C)(C)=O)c2)c1. The van der Waals surface area contributed by atoms with Gasteiger partial charge >= 0.3 is 0 Å². The van der Waals surface area contributed by atoms with Crippen molar-refractivity contribution in [3.63, 3.8) is 0 Å². The van der Waals surface area contributed by atoms with E-state index in [0.717, 1.165) is 54.7 Å². The number of halogens is 1. The van der Waals surface area contributed by atoms with Crippen LogP contribution >= 0.6 is 18.7 Å². The Morgan fingerprint density at radius 1 is 0.957 bits per heavy atom. The Kier molecular flexibility index (Phi) is 9.20. The van der Waals surface area contributed by atoms with E-state index in [4.69, 9.17) is 26.1 Å². The van der Waals surface area contributed by atoms with Crippen molar-refractivity contribution in [2.24, 2.45) is 11.3 Å². The minimum Gasteiger partial charge on any atom is -0.495 e. The van der Waals surface area contributed by atoms with Crippen LogP contribution in [0.3, 0.4) is 0 Å². The van der Waals surface area contributed by atoms with E-state index in [1.54, 1.807) is 50.8 Å². The third-order valence-electron chi connectivity index (χ3n) is 9.29. The van der Waals surface area contributed by atoms with Gasteiger partial charge in [-0.15, -0.1) is 0 Å². The molecule has 6 rings (SSSR count). The summed E-state index contributed by atoms with van der Waals surface area (Å²) >= 11 is 6.61. The van der Waals surface area contributed by atoms with E-state index < -0.39 is 7.14 Å². The molecule has 0 atom stereocenters. The highest BCUT2D eigenvalue weighted by Gasteiger charge is 2.32. The number of hydrogen-bond acceptors (Lipinski definition) is 9. The van der Waals surface area contributed by atoms with Gasteiger partial charge in [-0.1, -0.05) is 32.4 Å². The van der Waals surface area contributed by atoms with Gasteiger partial charge in [0.15, 0.2) is 11.6 Å². The molecular formula is C35H45ClN7O3P. The predicted molar refractivity (Wildman–Crippen MR) is 192 cm³/mol. The zero-order valence-corrected chi connectivity index (χ0v) is 30.0. The highest BCUT2D eigenvalue weighted by molar-refractivity contribution is 7.70. The van der Waals surface area contributed by atoms with Crippen LogP contribution in [-0.4, -0.2) is 60.4 Å². The lowest BCUT2D eigenvalue weighted by atomic mass is 9.75. The van der Waals surface area contributed by atoms with E-state index in [2.05, 4.69) is 58.5 Å². The fraction of sp³-hybridized carbons (Fsp3) is 0.457. The van der Waals surface area contributed by atoms with Crippen molar-refractivity contribution in [1.29, 1.82) is 0 Å². The lowest BCUT2D eigenvalue weighted by Gasteiger charge is -2.40. The van der Waals surface area contributed by atoms with Gasteiger partial charge in [0.05, 0.1) is 49.9 Å². The summed E-state index contributed by atoms with van der Waals surface area (Å²) in [5, 5.41) is 12.1. The van der Waals surface area contributed by atoms with E-state index in [1.807, 2.05) is 18.2 Å². The van der Waals surface area contributed by atoms with Gasteiger partial charge in [-0.25, -0.2) is 9.67 Å². The minimum atomic E-state index is -2.73. The molecule has 2 N–H and O–H groups in total. The predicted octanol–water partition coefficient (Wildman–Crippen LogP) is 8.21. The molecule has 10 nitrogen and oxygen atoms in total. The first-order chi connectivity index (χ1) is 22.3. The maximum Gasteiger partial charge on any atom is 0.229 e. The fourth-order valence-corrected chi connectivity index (χ4v) is 7.64. The first-order valence-corrected chi connectivity index (χ1v) is 19.1. The van der Waals surface area contributed by atoms with Gasteiger partial charge in [0.25, 0.3) is 0 Å². The second kappa shape index (κ2) is 13.0. The topological polar surface area (TPSA) is 106 Å². The van der Waals surface area contributed by atoms with Crippen molar-refractivity contribution in [3.05, 3.63) is 59.5 Å². The molecule has 47 heavy (non-hydrogen) atoms. The highest BCUT2D eigenvalue weighted by Crippen LogP contribution is 2.49.